The van der Waals surface area contributed by atoms with Crippen molar-refractivity contribution in [2.75, 3.05) is 18.0 Å². The first-order valence-electron chi connectivity index (χ1n) is 10.8. The molecule has 2 atom stereocenters. The largest absolute Gasteiger partial charge is 0.352 e. The highest BCUT2D eigenvalue weighted by molar-refractivity contribution is 6.20. The number of hydrogen-bond acceptors (Lipinski definition) is 5. The molecule has 1 N–H and O–H groups in total. The lowest BCUT2D eigenvalue weighted by atomic mass is 9.66. The van der Waals surface area contributed by atoms with Crippen molar-refractivity contribution in [2.45, 2.75) is 52.0 Å². The third-order valence-corrected chi connectivity index (χ3v) is 6.78. The number of aryl methyl sites for hydroxylation is 1. The fraction of sp³-hybridized carbons (Fsp3) is 0.478. The summed E-state index contributed by atoms with van der Waals surface area (Å²) < 4.78 is 0. The van der Waals surface area contributed by atoms with Gasteiger partial charge in [0.25, 0.3) is 0 Å². The van der Waals surface area contributed by atoms with E-state index in [-0.39, 0.29) is 18.4 Å². The number of pyridine rings is 1. The van der Waals surface area contributed by atoms with Gasteiger partial charge < -0.3 is 4.90 Å². The van der Waals surface area contributed by atoms with Crippen LogP contribution in [0.15, 0.2) is 24.3 Å². The second kappa shape index (κ2) is 6.79. The summed E-state index contributed by atoms with van der Waals surface area (Å²) in [6.07, 6.45) is 3.61. The topological polar surface area (TPSA) is 82.6 Å². The third kappa shape index (κ3) is 2.57. The molecule has 1 aromatic carbocycles. The lowest BCUT2D eigenvalue weighted by Crippen LogP contribution is -2.72. The maximum atomic E-state index is 13.7. The Morgan fingerprint density at radius 2 is 2.03 bits per heavy atom. The molecule has 7 heteroatoms. The van der Waals surface area contributed by atoms with Crippen molar-refractivity contribution in [3.63, 3.8) is 0 Å². The number of aromatic nitrogens is 1. The van der Waals surface area contributed by atoms with Gasteiger partial charge in [-0.05, 0) is 56.4 Å². The quantitative estimate of drug-likeness (QED) is 0.776. The zero-order valence-corrected chi connectivity index (χ0v) is 17.4. The highest BCUT2D eigenvalue weighted by atomic mass is 16.2. The normalized spacial score (nSPS) is 26.1. The third-order valence-electron chi connectivity index (χ3n) is 6.78. The van der Waals surface area contributed by atoms with Crippen LogP contribution in [0.2, 0.25) is 0 Å². The first-order chi connectivity index (χ1) is 14.5. The van der Waals surface area contributed by atoms with E-state index < -0.39 is 17.4 Å². The Hall–Kier alpha value is -2.96. The van der Waals surface area contributed by atoms with Crippen LogP contribution >= 0.6 is 0 Å². The summed E-state index contributed by atoms with van der Waals surface area (Å²) in [5, 5.41) is 3.50. The molecule has 0 saturated carbocycles. The van der Waals surface area contributed by atoms with Crippen molar-refractivity contribution in [2.24, 2.45) is 5.41 Å². The predicted octanol–water partition coefficient (Wildman–Crippen LogP) is 2.93. The number of fused-ring (bicyclic) bond motifs is 5. The molecular formula is C23H26N4O3. The molecule has 1 aromatic heterocycles. The van der Waals surface area contributed by atoms with E-state index in [1.807, 2.05) is 26.0 Å². The molecule has 2 fully saturated rings. The molecule has 0 bridgehead atoms. The Morgan fingerprint density at radius 3 is 2.83 bits per heavy atom. The molecule has 5 rings (SSSR count). The predicted molar refractivity (Wildman–Crippen MR) is 113 cm³/mol. The molecule has 2 saturated heterocycles. The summed E-state index contributed by atoms with van der Waals surface area (Å²) in [7, 11) is 0. The van der Waals surface area contributed by atoms with E-state index >= 15 is 0 Å². The molecule has 0 radical (unpaired) electrons. The van der Waals surface area contributed by atoms with Crippen LogP contribution in [-0.2, 0) is 16.0 Å². The van der Waals surface area contributed by atoms with Crippen LogP contribution in [0.25, 0.3) is 10.9 Å². The van der Waals surface area contributed by atoms with E-state index in [1.54, 1.807) is 0 Å². The lowest BCUT2D eigenvalue weighted by molar-refractivity contribution is -0.154. The SMILES string of the molecule is CCCN1C(=O)NC(=O)[C@@]2(Cc3cc4cc(C)ccc4nc3N3CCCC[C@H]32)C1=O. The van der Waals surface area contributed by atoms with Gasteiger partial charge in [0.15, 0.2) is 5.41 Å². The highest BCUT2D eigenvalue weighted by Crippen LogP contribution is 2.47. The molecular weight excluding hydrogens is 380 g/mol. The Bertz CT molecular complexity index is 1080. The number of nitrogens with zero attached hydrogens (tertiary/aromatic N) is 3. The molecule has 30 heavy (non-hydrogen) atoms. The molecule has 4 amide bonds. The summed E-state index contributed by atoms with van der Waals surface area (Å²) in [4.78, 5) is 47.7. The van der Waals surface area contributed by atoms with Crippen molar-refractivity contribution in [1.82, 2.24) is 15.2 Å². The summed E-state index contributed by atoms with van der Waals surface area (Å²) in [6.45, 7) is 5.03. The van der Waals surface area contributed by atoms with Crippen LogP contribution in [0.3, 0.4) is 0 Å². The number of benzene rings is 1. The Morgan fingerprint density at radius 1 is 1.20 bits per heavy atom. The number of hydrogen-bond donors (Lipinski definition) is 1. The number of imide groups is 2. The number of anilines is 1. The minimum absolute atomic E-state index is 0.276. The molecule has 156 valence electrons. The van der Waals surface area contributed by atoms with Gasteiger partial charge in [-0.2, -0.15) is 0 Å². The van der Waals surface area contributed by atoms with Gasteiger partial charge in [0.05, 0.1) is 11.6 Å². The number of piperidine rings is 1. The zero-order chi connectivity index (χ0) is 21.0. The second-order valence-corrected chi connectivity index (χ2v) is 8.74. The summed E-state index contributed by atoms with van der Waals surface area (Å²) >= 11 is 0. The summed E-state index contributed by atoms with van der Waals surface area (Å²) in [5.41, 5.74) is 1.68. The Balaban J connectivity index is 1.70. The average Bonchev–Trinajstić information content (AvgIpc) is 2.74. The number of carbonyl (C=O) groups excluding carboxylic acids is 3. The van der Waals surface area contributed by atoms with Crippen LogP contribution in [0.5, 0.6) is 0 Å². The van der Waals surface area contributed by atoms with Gasteiger partial charge >= 0.3 is 6.03 Å². The van der Waals surface area contributed by atoms with Crippen LogP contribution < -0.4 is 10.2 Å². The van der Waals surface area contributed by atoms with E-state index in [1.165, 1.54) is 4.90 Å². The minimum Gasteiger partial charge on any atom is -0.352 e. The first-order valence-corrected chi connectivity index (χ1v) is 10.8. The second-order valence-electron chi connectivity index (χ2n) is 8.74. The zero-order valence-electron chi connectivity index (χ0n) is 17.4. The van der Waals surface area contributed by atoms with Gasteiger partial charge in [-0.25, -0.2) is 9.78 Å². The van der Waals surface area contributed by atoms with Gasteiger partial charge in [-0.3, -0.25) is 19.8 Å². The van der Waals surface area contributed by atoms with E-state index in [2.05, 4.69) is 22.3 Å². The fourth-order valence-corrected chi connectivity index (χ4v) is 5.41. The molecule has 7 nitrogen and oxygen atoms in total. The number of nitrogens with one attached hydrogen (secondary N) is 1. The number of carbonyl (C=O) groups is 3. The molecule has 0 unspecified atom stereocenters. The fourth-order valence-electron chi connectivity index (χ4n) is 5.41. The van der Waals surface area contributed by atoms with E-state index in [0.717, 1.165) is 53.7 Å². The van der Waals surface area contributed by atoms with Crippen molar-refractivity contribution >= 4 is 34.6 Å². The van der Waals surface area contributed by atoms with Crippen molar-refractivity contribution in [3.05, 3.63) is 35.4 Å². The maximum absolute atomic E-state index is 13.7. The van der Waals surface area contributed by atoms with E-state index in [4.69, 9.17) is 4.98 Å². The van der Waals surface area contributed by atoms with Gasteiger partial charge in [-0.15, -0.1) is 0 Å². The number of amides is 4. The van der Waals surface area contributed by atoms with Crippen LogP contribution in [0.4, 0.5) is 10.6 Å². The maximum Gasteiger partial charge on any atom is 0.330 e. The molecule has 2 aromatic rings. The van der Waals surface area contributed by atoms with E-state index in [9.17, 15) is 14.4 Å². The van der Waals surface area contributed by atoms with E-state index in [0.29, 0.717) is 13.0 Å². The first kappa shape index (κ1) is 19.0. The Kier molecular flexibility index (Phi) is 4.31. The number of rotatable bonds is 2. The molecule has 0 aliphatic carbocycles. The summed E-state index contributed by atoms with van der Waals surface area (Å²) in [6, 6.07) is 7.33. The van der Waals surface area contributed by atoms with Crippen LogP contribution in [-0.4, -0.2) is 46.9 Å². The monoisotopic (exact) mass is 406 g/mol. The van der Waals surface area contributed by atoms with Crippen LogP contribution in [0.1, 0.15) is 43.7 Å². The lowest BCUT2D eigenvalue weighted by Gasteiger charge is -2.53. The molecule has 4 heterocycles. The Labute approximate surface area is 175 Å². The van der Waals surface area contributed by atoms with Crippen molar-refractivity contribution in [3.8, 4) is 0 Å². The number of barbiturate groups is 1. The highest BCUT2D eigenvalue weighted by Gasteiger charge is 2.62. The van der Waals surface area contributed by atoms with Gasteiger partial charge in [-0.1, -0.05) is 18.6 Å². The van der Waals surface area contributed by atoms with Crippen molar-refractivity contribution in [1.29, 1.82) is 0 Å². The van der Waals surface area contributed by atoms with Crippen LogP contribution in [0, 0.1) is 12.3 Å². The number of urea groups is 1. The molecule has 1 spiro atoms. The average molecular weight is 406 g/mol. The van der Waals surface area contributed by atoms with Gasteiger partial charge in [0, 0.05) is 24.9 Å². The molecule has 3 aliphatic rings. The van der Waals surface area contributed by atoms with Gasteiger partial charge in [0.1, 0.15) is 5.82 Å². The van der Waals surface area contributed by atoms with Gasteiger partial charge in [0.2, 0.25) is 11.8 Å². The smallest absolute Gasteiger partial charge is 0.330 e. The standard InChI is InChI=1S/C23H26N4O3/c1-3-9-27-21(29)23(20(28)25-22(27)30)13-16-12-15-11-14(2)7-8-17(15)24-19(16)26-10-5-4-6-18(23)26/h7-8,11-12,18H,3-6,9-10,13H2,1-2H3,(H,25,28,30)/t18-,23-/m0/s1. The minimum atomic E-state index is -1.28. The molecule has 3 aliphatic heterocycles. The summed E-state index contributed by atoms with van der Waals surface area (Å²) in [5.74, 6) is 0.0583. The van der Waals surface area contributed by atoms with Crippen molar-refractivity contribution < 1.29 is 14.4 Å².